The summed E-state index contributed by atoms with van der Waals surface area (Å²) in [5.41, 5.74) is 0.820. The Morgan fingerprint density at radius 1 is 1.32 bits per heavy atom. The highest BCUT2D eigenvalue weighted by atomic mass is 16.9. The number of rotatable bonds is 4. The standard InChI is InChI=1S/C17H23NO3.HNO3/c1-18-13-7-8-14(18)10-15(9-13)21-17(20)16(11-19)12-5-3-2-4-6-12;2-1(3)4/h2-6,13-16,19H,7-11H2,1H3;(H,2,3,4)/t13-,14+,15+,16?;. The van der Waals surface area contributed by atoms with Crippen LogP contribution in [0.1, 0.15) is 37.2 Å². The Labute approximate surface area is 146 Å². The van der Waals surface area contributed by atoms with Gasteiger partial charge >= 0.3 is 5.97 Å². The van der Waals surface area contributed by atoms with Crippen molar-refractivity contribution in [2.45, 2.75) is 49.8 Å². The molecule has 2 N–H and O–H groups in total. The maximum atomic E-state index is 12.4. The summed E-state index contributed by atoms with van der Waals surface area (Å²) in [6.07, 6.45) is 4.26. The molecule has 8 heteroatoms. The van der Waals surface area contributed by atoms with Crippen LogP contribution in [0, 0.1) is 10.1 Å². The third kappa shape index (κ3) is 5.14. The molecule has 2 bridgehead atoms. The molecular weight excluding hydrogens is 328 g/mol. The Kier molecular flexibility index (Phi) is 6.72. The molecule has 2 fully saturated rings. The number of carbonyl (C=O) groups is 1. The van der Waals surface area contributed by atoms with Gasteiger partial charge in [0.15, 0.2) is 0 Å². The first-order chi connectivity index (χ1) is 11.9. The number of esters is 1. The molecule has 2 heterocycles. The highest BCUT2D eigenvalue weighted by Gasteiger charge is 2.40. The summed E-state index contributed by atoms with van der Waals surface area (Å²) < 4.78 is 5.70. The van der Waals surface area contributed by atoms with Crippen molar-refractivity contribution in [2.75, 3.05) is 13.7 Å². The molecule has 1 aromatic rings. The Bertz CT molecular complexity index is 564. The van der Waals surface area contributed by atoms with Gasteiger partial charge in [-0.3, -0.25) is 4.79 Å². The average Bonchev–Trinajstić information content (AvgIpc) is 2.78. The highest BCUT2D eigenvalue weighted by Crippen LogP contribution is 2.36. The molecule has 1 unspecified atom stereocenters. The Hall–Kier alpha value is -2.19. The number of hydrogen-bond acceptors (Lipinski definition) is 6. The summed E-state index contributed by atoms with van der Waals surface area (Å²) in [6.45, 7) is -0.206. The normalized spacial score (nSPS) is 26.2. The maximum Gasteiger partial charge on any atom is 0.316 e. The van der Waals surface area contributed by atoms with Crippen LogP contribution in [-0.4, -0.2) is 58.1 Å². The molecule has 0 aromatic heterocycles. The first kappa shape index (κ1) is 19.1. The summed E-state index contributed by atoms with van der Waals surface area (Å²) >= 11 is 0. The van der Waals surface area contributed by atoms with Crippen molar-refractivity contribution >= 4 is 5.97 Å². The van der Waals surface area contributed by atoms with Crippen LogP contribution in [0.5, 0.6) is 0 Å². The zero-order chi connectivity index (χ0) is 18.4. The Balaban J connectivity index is 0.000000511. The molecule has 0 amide bonds. The molecule has 138 valence electrons. The topological polar surface area (TPSA) is 113 Å². The molecule has 0 spiro atoms. The second kappa shape index (κ2) is 8.77. The molecule has 2 aliphatic rings. The maximum absolute atomic E-state index is 12.4. The monoisotopic (exact) mass is 352 g/mol. The first-order valence-corrected chi connectivity index (χ1v) is 8.33. The summed E-state index contributed by atoms with van der Waals surface area (Å²) in [7, 11) is 2.17. The summed E-state index contributed by atoms with van der Waals surface area (Å²) in [5.74, 6) is -0.860. The van der Waals surface area contributed by atoms with E-state index < -0.39 is 11.0 Å². The summed E-state index contributed by atoms with van der Waals surface area (Å²) in [6, 6.07) is 10.5. The highest BCUT2D eigenvalue weighted by molar-refractivity contribution is 5.78. The van der Waals surface area contributed by atoms with Gasteiger partial charge in [-0.15, -0.1) is 10.1 Å². The molecule has 1 aromatic carbocycles. The SMILES string of the molecule is CN1[C@@H]2CC[C@H]1C[C@@H](OC(=O)C(CO)c1ccccc1)C2.O=[N+]([O-])O. The predicted octanol–water partition coefficient (Wildman–Crippen LogP) is 1.58. The lowest BCUT2D eigenvalue weighted by Crippen LogP contribution is -2.43. The largest absolute Gasteiger partial charge is 0.462 e. The number of benzene rings is 1. The van der Waals surface area contributed by atoms with Gasteiger partial charge in [0.05, 0.1) is 6.61 Å². The van der Waals surface area contributed by atoms with E-state index in [0.29, 0.717) is 12.1 Å². The zero-order valence-electron chi connectivity index (χ0n) is 14.2. The van der Waals surface area contributed by atoms with Crippen molar-refractivity contribution in [1.29, 1.82) is 0 Å². The van der Waals surface area contributed by atoms with Gasteiger partial charge < -0.3 is 20.0 Å². The number of carbonyl (C=O) groups excluding carboxylic acids is 1. The fraction of sp³-hybridized carbons (Fsp3) is 0.588. The third-order valence-electron chi connectivity index (χ3n) is 5.01. The molecule has 4 atom stereocenters. The van der Waals surface area contributed by atoms with Gasteiger partial charge in [0, 0.05) is 12.1 Å². The van der Waals surface area contributed by atoms with E-state index in [0.717, 1.165) is 18.4 Å². The molecule has 2 saturated heterocycles. The van der Waals surface area contributed by atoms with Crippen LogP contribution in [0.15, 0.2) is 30.3 Å². The number of nitrogens with zero attached hydrogens (tertiary/aromatic N) is 2. The van der Waals surface area contributed by atoms with Gasteiger partial charge in [-0.1, -0.05) is 30.3 Å². The molecule has 2 aliphatic heterocycles. The van der Waals surface area contributed by atoms with E-state index in [2.05, 4.69) is 11.9 Å². The van der Waals surface area contributed by atoms with E-state index in [9.17, 15) is 9.90 Å². The lowest BCUT2D eigenvalue weighted by Gasteiger charge is -2.36. The first-order valence-electron chi connectivity index (χ1n) is 8.33. The van der Waals surface area contributed by atoms with Crippen LogP contribution in [0.4, 0.5) is 0 Å². The number of aliphatic hydroxyl groups excluding tert-OH is 1. The second-order valence-corrected chi connectivity index (χ2v) is 6.46. The van der Waals surface area contributed by atoms with Crippen molar-refractivity contribution in [3.05, 3.63) is 46.0 Å². The van der Waals surface area contributed by atoms with E-state index >= 15 is 0 Å². The van der Waals surface area contributed by atoms with Crippen LogP contribution in [0.2, 0.25) is 0 Å². The molecule has 25 heavy (non-hydrogen) atoms. The quantitative estimate of drug-likeness (QED) is 0.480. The van der Waals surface area contributed by atoms with Gasteiger partial charge in [0.1, 0.15) is 12.0 Å². The molecule has 0 saturated carbocycles. The third-order valence-corrected chi connectivity index (χ3v) is 5.01. The minimum atomic E-state index is -1.50. The Morgan fingerprint density at radius 3 is 2.32 bits per heavy atom. The zero-order valence-corrected chi connectivity index (χ0v) is 14.2. The number of hydrogen-bond donors (Lipinski definition) is 2. The summed E-state index contributed by atoms with van der Waals surface area (Å²) in [5, 5.41) is 23.2. The van der Waals surface area contributed by atoms with Crippen molar-refractivity contribution in [3.8, 4) is 0 Å². The number of aliphatic hydroxyl groups is 1. The average molecular weight is 352 g/mol. The molecule has 3 rings (SSSR count). The van der Waals surface area contributed by atoms with Gasteiger partial charge in [-0.05, 0) is 38.3 Å². The minimum absolute atomic E-state index is 0.00367. The second-order valence-electron chi connectivity index (χ2n) is 6.46. The number of ether oxygens (including phenoxy) is 1. The fourth-order valence-corrected chi connectivity index (χ4v) is 3.71. The molecule has 0 radical (unpaired) electrons. The smallest absolute Gasteiger partial charge is 0.316 e. The molecular formula is C17H24N2O6. The van der Waals surface area contributed by atoms with Crippen LogP contribution in [-0.2, 0) is 9.53 Å². The van der Waals surface area contributed by atoms with E-state index in [1.807, 2.05) is 30.3 Å². The van der Waals surface area contributed by atoms with Crippen LogP contribution in [0.3, 0.4) is 0 Å². The Morgan fingerprint density at radius 2 is 1.84 bits per heavy atom. The predicted molar refractivity (Wildman–Crippen MR) is 88.7 cm³/mol. The molecule has 8 nitrogen and oxygen atoms in total. The van der Waals surface area contributed by atoms with Crippen LogP contribution >= 0.6 is 0 Å². The van der Waals surface area contributed by atoms with Gasteiger partial charge in [0.25, 0.3) is 5.09 Å². The summed E-state index contributed by atoms with van der Waals surface area (Å²) in [4.78, 5) is 23.1. The van der Waals surface area contributed by atoms with Crippen molar-refractivity contribution < 1.29 is 24.9 Å². The fourth-order valence-electron chi connectivity index (χ4n) is 3.71. The van der Waals surface area contributed by atoms with Crippen molar-refractivity contribution in [2.24, 2.45) is 0 Å². The van der Waals surface area contributed by atoms with E-state index in [-0.39, 0.29) is 18.7 Å². The number of fused-ring (bicyclic) bond motifs is 2. The van der Waals surface area contributed by atoms with Gasteiger partial charge in [-0.2, -0.15) is 0 Å². The van der Waals surface area contributed by atoms with Gasteiger partial charge in [-0.25, -0.2) is 0 Å². The van der Waals surface area contributed by atoms with Crippen LogP contribution in [0.25, 0.3) is 0 Å². The van der Waals surface area contributed by atoms with E-state index in [1.165, 1.54) is 12.8 Å². The lowest BCUT2D eigenvalue weighted by molar-refractivity contribution is -0.742. The van der Waals surface area contributed by atoms with Crippen molar-refractivity contribution in [1.82, 2.24) is 4.90 Å². The van der Waals surface area contributed by atoms with E-state index in [1.54, 1.807) is 0 Å². The number of piperidine rings is 1. The van der Waals surface area contributed by atoms with Crippen molar-refractivity contribution in [3.63, 3.8) is 0 Å². The van der Waals surface area contributed by atoms with Crippen LogP contribution < -0.4 is 0 Å². The minimum Gasteiger partial charge on any atom is -0.462 e. The molecule has 0 aliphatic carbocycles. The van der Waals surface area contributed by atoms with Gasteiger partial charge in [0.2, 0.25) is 0 Å². The van der Waals surface area contributed by atoms with E-state index in [4.69, 9.17) is 20.1 Å². The lowest BCUT2D eigenvalue weighted by atomic mass is 9.98.